The standard InChI is InChI=1S/C45H55N7O8/c1-57-44(55)48-33-11-3-5-23-59-25-35-38(50-41(46-35)32-10-7-9-31(32)40(33)53)29-18-14-27(15-19-29)28-16-20-30(21-17-28)39-36-26-60-24-6-4-12-34(49-45(56)58-2)43(54)52-22-8-13-37(52)42(47-36)51-39/h14-21,31-34,37H,3-13,22-26H2,1-2H3,(H,46,50)(H,47,51)(H,48,55)(H,49,56)/t31?,32-,33+,34+,37+/m1/s1. The Morgan fingerprint density at radius 1 is 0.633 bits per heavy atom. The molecule has 5 heterocycles. The summed E-state index contributed by atoms with van der Waals surface area (Å²) in [6, 6.07) is 15.1. The maximum Gasteiger partial charge on any atom is 0.407 e. The van der Waals surface area contributed by atoms with E-state index in [4.69, 9.17) is 28.9 Å². The van der Waals surface area contributed by atoms with Crippen molar-refractivity contribution in [3.05, 3.63) is 71.6 Å². The lowest BCUT2D eigenvalue weighted by Gasteiger charge is -2.28. The molecule has 1 saturated heterocycles. The van der Waals surface area contributed by atoms with Crippen molar-refractivity contribution in [3.63, 3.8) is 0 Å². The molecule has 2 aromatic heterocycles. The van der Waals surface area contributed by atoms with Crippen LogP contribution in [0, 0.1) is 5.92 Å². The monoisotopic (exact) mass is 821 g/mol. The number of fused-ring (bicyclic) bond motifs is 8. The largest absolute Gasteiger partial charge is 0.453 e. The van der Waals surface area contributed by atoms with Crippen molar-refractivity contribution in [2.45, 2.75) is 108 Å². The molecule has 60 heavy (non-hydrogen) atoms. The van der Waals surface area contributed by atoms with Crippen molar-refractivity contribution < 1.29 is 38.1 Å². The average Bonchev–Trinajstić information content (AvgIpc) is 4.11. The fraction of sp³-hybridized carbons (Fsp3) is 0.511. The zero-order valence-electron chi connectivity index (χ0n) is 34.4. The Morgan fingerprint density at radius 3 is 1.75 bits per heavy atom. The van der Waals surface area contributed by atoms with Crippen molar-refractivity contribution in [1.82, 2.24) is 35.5 Å². The van der Waals surface area contributed by atoms with Gasteiger partial charge in [0.05, 0.1) is 62.3 Å². The number of ketones is 1. The molecule has 0 spiro atoms. The second-order valence-electron chi connectivity index (χ2n) is 16.3. The molecule has 15 nitrogen and oxygen atoms in total. The van der Waals surface area contributed by atoms with Gasteiger partial charge < -0.3 is 44.4 Å². The summed E-state index contributed by atoms with van der Waals surface area (Å²) in [5.41, 5.74) is 7.35. The maximum absolute atomic E-state index is 13.9. The smallest absolute Gasteiger partial charge is 0.407 e. The summed E-state index contributed by atoms with van der Waals surface area (Å²) in [4.78, 5) is 71.0. The van der Waals surface area contributed by atoms with E-state index in [1.54, 1.807) is 0 Å². The number of rotatable bonds is 5. The van der Waals surface area contributed by atoms with Crippen LogP contribution in [0.2, 0.25) is 0 Å². The second-order valence-corrected chi connectivity index (χ2v) is 16.3. The molecule has 1 saturated carbocycles. The quantitative estimate of drug-likeness (QED) is 0.162. The number of Topliss-reactive ketones (excluding diaryl/α,β-unsaturated/α-hetero) is 1. The third-order valence-corrected chi connectivity index (χ3v) is 12.5. The average molecular weight is 822 g/mol. The van der Waals surface area contributed by atoms with Crippen LogP contribution < -0.4 is 10.6 Å². The van der Waals surface area contributed by atoms with E-state index in [1.165, 1.54) is 14.2 Å². The van der Waals surface area contributed by atoms with Gasteiger partial charge in [-0.1, -0.05) is 55.0 Å². The topological polar surface area (TPSA) is 190 Å². The van der Waals surface area contributed by atoms with Gasteiger partial charge in [0.25, 0.3) is 0 Å². The van der Waals surface area contributed by atoms with Gasteiger partial charge in [0.15, 0.2) is 5.78 Å². The Hall–Kier alpha value is -5.54. The third kappa shape index (κ3) is 8.97. The summed E-state index contributed by atoms with van der Waals surface area (Å²) in [7, 11) is 2.62. The van der Waals surface area contributed by atoms with Crippen LogP contribution in [0.15, 0.2) is 48.5 Å². The normalized spacial score (nSPS) is 24.0. The minimum absolute atomic E-state index is 0.0440. The molecule has 15 heteroatoms. The van der Waals surface area contributed by atoms with E-state index in [2.05, 4.69) is 69.1 Å². The molecule has 3 amide bonds. The van der Waals surface area contributed by atoms with Crippen molar-refractivity contribution in [2.24, 2.45) is 5.92 Å². The van der Waals surface area contributed by atoms with Crippen LogP contribution in [0.3, 0.4) is 0 Å². The number of nitrogens with one attached hydrogen (secondary N) is 4. The van der Waals surface area contributed by atoms with Crippen LogP contribution in [0.5, 0.6) is 0 Å². The molecule has 8 rings (SSSR count). The van der Waals surface area contributed by atoms with Crippen LogP contribution >= 0.6 is 0 Å². The molecule has 4 aliphatic rings. The van der Waals surface area contributed by atoms with Crippen LogP contribution in [0.25, 0.3) is 33.6 Å². The van der Waals surface area contributed by atoms with E-state index in [0.29, 0.717) is 45.8 Å². The number of hydrogen-bond donors (Lipinski definition) is 4. The predicted molar refractivity (Wildman–Crippen MR) is 221 cm³/mol. The van der Waals surface area contributed by atoms with Crippen molar-refractivity contribution in [1.29, 1.82) is 0 Å². The molecular weight excluding hydrogens is 767 g/mol. The Morgan fingerprint density at radius 2 is 1.15 bits per heavy atom. The number of nitrogens with zero attached hydrogens (tertiary/aromatic N) is 3. The molecule has 4 aromatic rings. The Balaban J connectivity index is 1.01. The number of hydrogen-bond acceptors (Lipinski definition) is 10. The SMILES string of the molecule is COC(=O)N[C@H]1CCCCOCc2[nH]c(nc2-c2ccc(-c3ccc(-c4nc5[nH]c4COCCCC[C@H](NC(=O)OC)C(=O)N4CCC[C@@H]54)cc3)cc2)[C@@H]2CCCC2C1=O. The van der Waals surface area contributed by atoms with Gasteiger partial charge in [-0.25, -0.2) is 19.6 Å². The lowest BCUT2D eigenvalue weighted by atomic mass is 9.86. The molecule has 0 radical (unpaired) electrons. The first kappa shape index (κ1) is 41.2. The number of methoxy groups -OCH3 is 2. The predicted octanol–water partition coefficient (Wildman–Crippen LogP) is 7.10. The molecule has 1 unspecified atom stereocenters. The molecule has 4 bridgehead atoms. The highest BCUT2D eigenvalue weighted by Gasteiger charge is 2.40. The highest BCUT2D eigenvalue weighted by atomic mass is 16.5. The van der Waals surface area contributed by atoms with Gasteiger partial charge in [0, 0.05) is 42.7 Å². The summed E-state index contributed by atoms with van der Waals surface area (Å²) >= 11 is 0. The maximum atomic E-state index is 13.9. The number of amides is 3. The lowest BCUT2D eigenvalue weighted by Crippen LogP contribution is -2.48. The zero-order valence-corrected chi connectivity index (χ0v) is 34.4. The van der Waals surface area contributed by atoms with Gasteiger partial charge >= 0.3 is 12.2 Å². The first-order valence-electron chi connectivity index (χ1n) is 21.4. The first-order valence-corrected chi connectivity index (χ1v) is 21.4. The van der Waals surface area contributed by atoms with Crippen LogP contribution in [-0.4, -0.2) is 94.8 Å². The fourth-order valence-electron chi connectivity index (χ4n) is 9.32. The molecule has 1 aliphatic carbocycles. The van der Waals surface area contributed by atoms with Crippen LogP contribution in [0.4, 0.5) is 9.59 Å². The Kier molecular flexibility index (Phi) is 12.9. The van der Waals surface area contributed by atoms with Gasteiger partial charge in [0.1, 0.15) is 17.7 Å². The summed E-state index contributed by atoms with van der Waals surface area (Å²) in [5.74, 6) is 1.11. The van der Waals surface area contributed by atoms with Crippen molar-refractivity contribution in [3.8, 4) is 33.6 Å². The van der Waals surface area contributed by atoms with Gasteiger partial charge in [-0.3, -0.25) is 9.59 Å². The van der Waals surface area contributed by atoms with E-state index in [0.717, 1.165) is 114 Å². The third-order valence-electron chi connectivity index (χ3n) is 12.5. The molecule has 2 aromatic carbocycles. The lowest BCUT2D eigenvalue weighted by molar-refractivity contribution is -0.134. The zero-order chi connectivity index (χ0) is 41.6. The van der Waals surface area contributed by atoms with Crippen molar-refractivity contribution >= 4 is 23.9 Å². The van der Waals surface area contributed by atoms with Crippen molar-refractivity contribution in [2.75, 3.05) is 34.0 Å². The minimum Gasteiger partial charge on any atom is -0.453 e. The van der Waals surface area contributed by atoms with Gasteiger partial charge in [-0.05, 0) is 75.3 Å². The number of aromatic amines is 2. The summed E-state index contributed by atoms with van der Waals surface area (Å²) in [6.45, 7) is 2.38. The molecule has 5 atom stereocenters. The first-order chi connectivity index (χ1) is 29.3. The number of carbonyl (C=O) groups is 4. The second kappa shape index (κ2) is 18.8. The van der Waals surface area contributed by atoms with E-state index in [9.17, 15) is 19.2 Å². The number of aromatic nitrogens is 4. The highest BCUT2D eigenvalue weighted by molar-refractivity contribution is 5.90. The van der Waals surface area contributed by atoms with E-state index in [1.807, 2.05) is 4.90 Å². The highest BCUT2D eigenvalue weighted by Crippen LogP contribution is 2.42. The summed E-state index contributed by atoms with van der Waals surface area (Å²) in [5, 5.41) is 5.54. The van der Waals surface area contributed by atoms with E-state index < -0.39 is 24.3 Å². The number of carbonyl (C=O) groups excluding carboxylic acids is 4. The van der Waals surface area contributed by atoms with Gasteiger partial charge in [0.2, 0.25) is 5.91 Å². The number of benzene rings is 2. The van der Waals surface area contributed by atoms with Crippen LogP contribution in [-0.2, 0) is 41.8 Å². The molecule has 3 aliphatic heterocycles. The summed E-state index contributed by atoms with van der Waals surface area (Å²) < 4.78 is 21.9. The van der Waals surface area contributed by atoms with E-state index >= 15 is 0 Å². The number of H-pyrrole nitrogens is 2. The number of ether oxygens (including phenoxy) is 4. The van der Waals surface area contributed by atoms with Crippen LogP contribution in [0.1, 0.15) is 106 Å². The molecule has 4 N–H and O–H groups in total. The Labute approximate surface area is 349 Å². The van der Waals surface area contributed by atoms with Gasteiger partial charge in [-0.2, -0.15) is 0 Å². The Bertz CT molecular complexity index is 2000. The molecule has 2 fully saturated rings. The molecule has 318 valence electrons. The number of imidazole rings is 2. The van der Waals surface area contributed by atoms with Gasteiger partial charge in [-0.15, -0.1) is 0 Å². The fourth-order valence-corrected chi connectivity index (χ4v) is 9.32. The number of alkyl carbamates (subject to hydrolysis) is 2. The summed E-state index contributed by atoms with van der Waals surface area (Å²) in [6.07, 6.45) is 6.95. The minimum atomic E-state index is -0.676. The molecular formula is C45H55N7O8. The van der Waals surface area contributed by atoms with E-state index in [-0.39, 0.29) is 29.6 Å².